The van der Waals surface area contributed by atoms with Crippen molar-refractivity contribution in [1.29, 1.82) is 0 Å². The van der Waals surface area contributed by atoms with Crippen molar-refractivity contribution in [2.45, 2.75) is 19.8 Å². The lowest BCUT2D eigenvalue weighted by Crippen LogP contribution is -2.27. The molecule has 5 nitrogen and oxygen atoms in total. The first-order valence-electron chi connectivity index (χ1n) is 6.83. The Kier molecular flexibility index (Phi) is 4.62. The van der Waals surface area contributed by atoms with Crippen LogP contribution in [0.1, 0.15) is 29.0 Å². The minimum Gasteiger partial charge on any atom is -0.469 e. The van der Waals surface area contributed by atoms with E-state index in [0.717, 1.165) is 10.9 Å². The van der Waals surface area contributed by atoms with E-state index in [1.165, 1.54) is 7.11 Å². The van der Waals surface area contributed by atoms with Gasteiger partial charge in [-0.2, -0.15) is 0 Å². The standard InChI is InChI=1S/C16H19NO4/c1-11-6-7-13-12(9-11)10-14(21-13)16(19)17(2)8-4-5-15(18)20-3/h6-7,9-10H,4-5,8H2,1-3H3. The van der Waals surface area contributed by atoms with Crippen LogP contribution in [0.15, 0.2) is 28.7 Å². The molecular weight excluding hydrogens is 270 g/mol. The Morgan fingerprint density at radius 1 is 1.29 bits per heavy atom. The van der Waals surface area contributed by atoms with Crippen molar-refractivity contribution in [1.82, 2.24) is 4.90 Å². The number of nitrogens with zero attached hydrogens (tertiary/aromatic N) is 1. The lowest BCUT2D eigenvalue weighted by molar-refractivity contribution is -0.140. The van der Waals surface area contributed by atoms with Gasteiger partial charge in [0.05, 0.1) is 7.11 Å². The highest BCUT2D eigenvalue weighted by Crippen LogP contribution is 2.21. The van der Waals surface area contributed by atoms with E-state index in [2.05, 4.69) is 4.74 Å². The van der Waals surface area contributed by atoms with Crippen LogP contribution in [0.25, 0.3) is 11.0 Å². The quantitative estimate of drug-likeness (QED) is 0.794. The van der Waals surface area contributed by atoms with Crippen LogP contribution >= 0.6 is 0 Å². The van der Waals surface area contributed by atoms with E-state index in [1.807, 2.05) is 25.1 Å². The second-order valence-electron chi connectivity index (χ2n) is 5.06. The summed E-state index contributed by atoms with van der Waals surface area (Å²) in [5, 5.41) is 0.918. The molecule has 21 heavy (non-hydrogen) atoms. The number of esters is 1. The number of benzene rings is 1. The fraction of sp³-hybridized carbons (Fsp3) is 0.375. The lowest BCUT2D eigenvalue weighted by atomic mass is 10.2. The maximum Gasteiger partial charge on any atom is 0.305 e. The Morgan fingerprint density at radius 3 is 2.76 bits per heavy atom. The number of fused-ring (bicyclic) bond motifs is 1. The van der Waals surface area contributed by atoms with Gasteiger partial charge in [0.25, 0.3) is 5.91 Å². The zero-order chi connectivity index (χ0) is 15.4. The predicted molar refractivity (Wildman–Crippen MR) is 79.2 cm³/mol. The summed E-state index contributed by atoms with van der Waals surface area (Å²) < 4.78 is 10.1. The van der Waals surface area contributed by atoms with Gasteiger partial charge in [0.2, 0.25) is 0 Å². The van der Waals surface area contributed by atoms with Gasteiger partial charge in [-0.1, -0.05) is 11.6 Å². The van der Waals surface area contributed by atoms with Gasteiger partial charge in [0.1, 0.15) is 5.58 Å². The molecule has 0 saturated carbocycles. The van der Waals surface area contributed by atoms with Crippen molar-refractivity contribution >= 4 is 22.8 Å². The normalized spacial score (nSPS) is 10.6. The number of carbonyl (C=O) groups is 2. The first kappa shape index (κ1) is 15.1. The Bertz CT molecular complexity index is 659. The highest BCUT2D eigenvalue weighted by atomic mass is 16.5. The Hall–Kier alpha value is -2.30. The molecule has 0 bridgehead atoms. The monoisotopic (exact) mass is 289 g/mol. The Labute approximate surface area is 123 Å². The number of hydrogen-bond acceptors (Lipinski definition) is 4. The van der Waals surface area contributed by atoms with Crippen LogP contribution in [-0.2, 0) is 9.53 Å². The van der Waals surface area contributed by atoms with Crippen LogP contribution in [0, 0.1) is 6.92 Å². The lowest BCUT2D eigenvalue weighted by Gasteiger charge is -2.14. The molecule has 0 fully saturated rings. The number of methoxy groups -OCH3 is 1. The molecule has 0 spiro atoms. The SMILES string of the molecule is COC(=O)CCCN(C)C(=O)c1cc2cc(C)ccc2o1. The van der Waals surface area contributed by atoms with Gasteiger partial charge in [-0.05, 0) is 31.5 Å². The third-order valence-corrected chi connectivity index (χ3v) is 3.33. The molecule has 0 radical (unpaired) electrons. The summed E-state index contributed by atoms with van der Waals surface area (Å²) >= 11 is 0. The van der Waals surface area contributed by atoms with Crippen molar-refractivity contribution in [2.75, 3.05) is 20.7 Å². The van der Waals surface area contributed by atoms with Gasteiger partial charge in [-0.15, -0.1) is 0 Å². The molecule has 2 aromatic rings. The summed E-state index contributed by atoms with van der Waals surface area (Å²) in [7, 11) is 3.05. The van der Waals surface area contributed by atoms with Crippen LogP contribution in [0.2, 0.25) is 0 Å². The van der Waals surface area contributed by atoms with Crippen molar-refractivity contribution in [3.8, 4) is 0 Å². The van der Waals surface area contributed by atoms with E-state index in [4.69, 9.17) is 4.42 Å². The fourth-order valence-electron chi connectivity index (χ4n) is 2.12. The van der Waals surface area contributed by atoms with E-state index in [-0.39, 0.29) is 11.9 Å². The van der Waals surface area contributed by atoms with Crippen LogP contribution in [-0.4, -0.2) is 37.5 Å². The first-order valence-corrected chi connectivity index (χ1v) is 6.83. The third-order valence-electron chi connectivity index (χ3n) is 3.33. The molecule has 2 rings (SSSR count). The van der Waals surface area contributed by atoms with Crippen LogP contribution in [0.4, 0.5) is 0 Å². The average Bonchev–Trinajstić information content (AvgIpc) is 2.88. The highest BCUT2D eigenvalue weighted by Gasteiger charge is 2.17. The van der Waals surface area contributed by atoms with E-state index in [0.29, 0.717) is 30.7 Å². The minimum atomic E-state index is -0.268. The molecule has 0 N–H and O–H groups in total. The van der Waals surface area contributed by atoms with Crippen LogP contribution < -0.4 is 0 Å². The molecule has 0 aliphatic rings. The molecule has 1 aromatic carbocycles. The molecule has 1 aromatic heterocycles. The molecule has 0 aliphatic carbocycles. The summed E-state index contributed by atoms with van der Waals surface area (Å²) in [6.07, 6.45) is 0.863. The van der Waals surface area contributed by atoms with E-state index >= 15 is 0 Å². The maximum atomic E-state index is 12.3. The largest absolute Gasteiger partial charge is 0.469 e. The molecule has 5 heteroatoms. The third kappa shape index (κ3) is 3.62. The Morgan fingerprint density at radius 2 is 2.05 bits per heavy atom. The van der Waals surface area contributed by atoms with E-state index in [9.17, 15) is 9.59 Å². The van der Waals surface area contributed by atoms with Crippen molar-refractivity contribution < 1.29 is 18.7 Å². The number of ether oxygens (including phenoxy) is 1. The molecule has 1 heterocycles. The van der Waals surface area contributed by atoms with Crippen molar-refractivity contribution in [2.24, 2.45) is 0 Å². The second kappa shape index (κ2) is 6.43. The van der Waals surface area contributed by atoms with Gasteiger partial charge in [-0.3, -0.25) is 9.59 Å². The highest BCUT2D eigenvalue weighted by molar-refractivity contribution is 5.96. The molecule has 0 saturated heterocycles. The van der Waals surface area contributed by atoms with Gasteiger partial charge in [0.15, 0.2) is 5.76 Å². The number of rotatable bonds is 5. The number of amides is 1. The molecule has 0 aliphatic heterocycles. The van der Waals surface area contributed by atoms with Gasteiger partial charge in [-0.25, -0.2) is 0 Å². The zero-order valence-electron chi connectivity index (χ0n) is 12.5. The van der Waals surface area contributed by atoms with Gasteiger partial charge in [0, 0.05) is 25.4 Å². The van der Waals surface area contributed by atoms with Gasteiger partial charge < -0.3 is 14.1 Å². The summed E-state index contributed by atoms with van der Waals surface area (Å²) in [5.41, 5.74) is 1.82. The second-order valence-corrected chi connectivity index (χ2v) is 5.06. The fourth-order valence-corrected chi connectivity index (χ4v) is 2.12. The van der Waals surface area contributed by atoms with Crippen LogP contribution in [0.5, 0.6) is 0 Å². The van der Waals surface area contributed by atoms with E-state index < -0.39 is 0 Å². The average molecular weight is 289 g/mol. The first-order chi connectivity index (χ1) is 10.0. The van der Waals surface area contributed by atoms with Crippen molar-refractivity contribution in [3.05, 3.63) is 35.6 Å². The summed E-state index contributed by atoms with van der Waals surface area (Å²) in [6.45, 7) is 2.47. The maximum absolute atomic E-state index is 12.3. The molecule has 0 unspecified atom stereocenters. The zero-order valence-corrected chi connectivity index (χ0v) is 12.5. The molecular formula is C16H19NO4. The predicted octanol–water partition coefficient (Wildman–Crippen LogP) is 2.77. The molecule has 0 atom stereocenters. The smallest absolute Gasteiger partial charge is 0.305 e. The molecule has 1 amide bonds. The number of furan rings is 1. The summed E-state index contributed by atoms with van der Waals surface area (Å²) in [5.74, 6) is -0.139. The number of carbonyl (C=O) groups excluding carboxylic acids is 2. The van der Waals surface area contributed by atoms with Gasteiger partial charge >= 0.3 is 5.97 Å². The number of hydrogen-bond donors (Lipinski definition) is 0. The van der Waals surface area contributed by atoms with Crippen LogP contribution in [0.3, 0.4) is 0 Å². The number of aryl methyl sites for hydroxylation is 1. The topological polar surface area (TPSA) is 59.8 Å². The minimum absolute atomic E-state index is 0.186. The van der Waals surface area contributed by atoms with Crippen molar-refractivity contribution in [3.63, 3.8) is 0 Å². The molecule has 112 valence electrons. The summed E-state index contributed by atoms with van der Waals surface area (Å²) in [6, 6.07) is 7.53. The Balaban J connectivity index is 2.02. The van der Waals surface area contributed by atoms with E-state index in [1.54, 1.807) is 18.0 Å². The summed E-state index contributed by atoms with van der Waals surface area (Å²) in [4.78, 5) is 24.8.